The van der Waals surface area contributed by atoms with Crippen LogP contribution >= 0.6 is 0 Å². The van der Waals surface area contributed by atoms with E-state index in [4.69, 9.17) is 10.5 Å². The van der Waals surface area contributed by atoms with Gasteiger partial charge in [-0.15, -0.1) is 0 Å². The van der Waals surface area contributed by atoms with Gasteiger partial charge in [0.2, 0.25) is 0 Å². The minimum atomic E-state index is -0.648. The van der Waals surface area contributed by atoms with Gasteiger partial charge in [0.05, 0.1) is 23.3 Å². The average Bonchev–Trinajstić information content (AvgIpc) is 2.79. The largest absolute Gasteiger partial charge is 0.388 e. The van der Waals surface area contributed by atoms with Crippen LogP contribution in [0.2, 0.25) is 0 Å². The van der Waals surface area contributed by atoms with Gasteiger partial charge in [-0.05, 0) is 32.1 Å². The molecule has 0 aromatic heterocycles. The fourth-order valence-corrected chi connectivity index (χ4v) is 3.83. The molecule has 3 aliphatic rings. The van der Waals surface area contributed by atoms with Crippen LogP contribution in [0.1, 0.15) is 51.4 Å². The summed E-state index contributed by atoms with van der Waals surface area (Å²) < 4.78 is 5.82. The first kappa shape index (κ1) is 10.1. The van der Waals surface area contributed by atoms with E-state index in [2.05, 4.69) is 0 Å². The Bertz CT molecular complexity index is 262. The lowest BCUT2D eigenvalue weighted by Gasteiger charge is -2.48. The molecule has 2 bridgehead atoms. The third kappa shape index (κ3) is 1.30. The standard InChI is InChI=1S/C12H21NO2/c13-12(8-9-4-5-10(12)15-9)11(14)6-2-1-3-7-11/h9-10,14H,1-8,13H2. The van der Waals surface area contributed by atoms with Crippen LogP contribution in [-0.2, 0) is 4.74 Å². The van der Waals surface area contributed by atoms with Crippen molar-refractivity contribution in [3.05, 3.63) is 0 Å². The molecule has 3 unspecified atom stereocenters. The van der Waals surface area contributed by atoms with Gasteiger partial charge in [0.15, 0.2) is 0 Å². The van der Waals surface area contributed by atoms with Crippen LogP contribution in [0.25, 0.3) is 0 Å². The lowest BCUT2D eigenvalue weighted by Crippen LogP contribution is -2.66. The van der Waals surface area contributed by atoms with Crippen LogP contribution in [0.5, 0.6) is 0 Å². The molecule has 3 atom stereocenters. The summed E-state index contributed by atoms with van der Waals surface area (Å²) in [5, 5.41) is 10.7. The third-order valence-corrected chi connectivity index (χ3v) is 4.79. The Morgan fingerprint density at radius 1 is 1.13 bits per heavy atom. The Hall–Kier alpha value is -0.120. The summed E-state index contributed by atoms with van der Waals surface area (Å²) in [6, 6.07) is 0. The van der Waals surface area contributed by atoms with Crippen LogP contribution in [0.4, 0.5) is 0 Å². The van der Waals surface area contributed by atoms with E-state index >= 15 is 0 Å². The minimum Gasteiger partial charge on any atom is -0.388 e. The first-order chi connectivity index (χ1) is 7.14. The van der Waals surface area contributed by atoms with Gasteiger partial charge >= 0.3 is 0 Å². The molecule has 0 radical (unpaired) electrons. The van der Waals surface area contributed by atoms with Crippen LogP contribution in [0, 0.1) is 0 Å². The number of nitrogens with two attached hydrogens (primary N) is 1. The molecule has 1 saturated carbocycles. The van der Waals surface area contributed by atoms with Crippen LogP contribution in [-0.4, -0.2) is 28.5 Å². The van der Waals surface area contributed by atoms with Crippen LogP contribution in [0.15, 0.2) is 0 Å². The molecule has 2 heterocycles. The van der Waals surface area contributed by atoms with Crippen molar-refractivity contribution in [2.75, 3.05) is 0 Å². The Labute approximate surface area is 91.0 Å². The number of ether oxygens (including phenoxy) is 1. The molecule has 2 aliphatic heterocycles. The van der Waals surface area contributed by atoms with E-state index in [0.29, 0.717) is 6.10 Å². The summed E-state index contributed by atoms with van der Waals surface area (Å²) in [7, 11) is 0. The number of aliphatic hydroxyl groups is 1. The SMILES string of the molecule is NC1(C2(O)CCCCC2)CC2CCC1O2. The summed E-state index contributed by atoms with van der Waals surface area (Å²) in [6.45, 7) is 0. The highest BCUT2D eigenvalue weighted by atomic mass is 16.5. The van der Waals surface area contributed by atoms with Crippen LogP contribution in [0.3, 0.4) is 0 Å². The molecule has 3 nitrogen and oxygen atoms in total. The average molecular weight is 211 g/mol. The van der Waals surface area contributed by atoms with E-state index in [1.54, 1.807) is 0 Å². The van der Waals surface area contributed by atoms with E-state index in [0.717, 1.165) is 44.9 Å². The van der Waals surface area contributed by atoms with Crippen molar-refractivity contribution in [2.24, 2.45) is 5.73 Å². The molecule has 3 heteroatoms. The molecule has 15 heavy (non-hydrogen) atoms. The minimum absolute atomic E-state index is 0.116. The molecule has 86 valence electrons. The van der Waals surface area contributed by atoms with E-state index in [9.17, 15) is 5.11 Å². The summed E-state index contributed by atoms with van der Waals surface area (Å²) in [4.78, 5) is 0. The van der Waals surface area contributed by atoms with Gasteiger partial charge in [-0.1, -0.05) is 19.3 Å². The fourth-order valence-electron chi connectivity index (χ4n) is 3.83. The topological polar surface area (TPSA) is 55.5 Å². The quantitative estimate of drug-likeness (QED) is 0.688. The zero-order chi connectivity index (χ0) is 10.5. The highest BCUT2D eigenvalue weighted by molar-refractivity contribution is 5.15. The van der Waals surface area contributed by atoms with Crippen molar-refractivity contribution in [1.82, 2.24) is 0 Å². The highest BCUT2D eigenvalue weighted by Crippen LogP contribution is 2.49. The van der Waals surface area contributed by atoms with Gasteiger partial charge < -0.3 is 15.6 Å². The second-order valence-corrected chi connectivity index (χ2v) is 5.66. The van der Waals surface area contributed by atoms with E-state index in [-0.39, 0.29) is 6.10 Å². The summed E-state index contributed by atoms with van der Waals surface area (Å²) in [6.07, 6.45) is 8.72. The number of hydrogen-bond donors (Lipinski definition) is 2. The second kappa shape index (κ2) is 3.19. The van der Waals surface area contributed by atoms with Gasteiger partial charge in [0, 0.05) is 0 Å². The molecule has 3 N–H and O–H groups in total. The Kier molecular flexibility index (Phi) is 2.14. The monoisotopic (exact) mass is 211 g/mol. The normalized spacial score (nSPS) is 48.4. The van der Waals surface area contributed by atoms with Crippen molar-refractivity contribution < 1.29 is 9.84 Å². The summed E-state index contributed by atoms with van der Waals surface area (Å²) in [5.41, 5.74) is 5.38. The molecular formula is C12H21NO2. The molecular weight excluding hydrogens is 190 g/mol. The van der Waals surface area contributed by atoms with Crippen molar-refractivity contribution in [1.29, 1.82) is 0 Å². The van der Waals surface area contributed by atoms with Crippen LogP contribution < -0.4 is 5.73 Å². The van der Waals surface area contributed by atoms with E-state index in [1.165, 1.54) is 6.42 Å². The highest BCUT2D eigenvalue weighted by Gasteiger charge is 2.60. The number of rotatable bonds is 1. The van der Waals surface area contributed by atoms with Gasteiger partial charge in [-0.3, -0.25) is 0 Å². The lowest BCUT2D eigenvalue weighted by molar-refractivity contribution is -0.0873. The molecule has 0 aromatic rings. The predicted molar refractivity (Wildman–Crippen MR) is 57.5 cm³/mol. The Morgan fingerprint density at radius 2 is 1.87 bits per heavy atom. The molecule has 0 aromatic carbocycles. The van der Waals surface area contributed by atoms with E-state index < -0.39 is 11.1 Å². The first-order valence-corrected chi connectivity index (χ1v) is 6.31. The molecule has 1 aliphatic carbocycles. The van der Waals surface area contributed by atoms with E-state index in [1.807, 2.05) is 0 Å². The Morgan fingerprint density at radius 3 is 2.40 bits per heavy atom. The molecule has 3 rings (SSSR count). The number of fused-ring (bicyclic) bond motifs is 2. The van der Waals surface area contributed by atoms with Crippen molar-refractivity contribution >= 4 is 0 Å². The predicted octanol–water partition coefficient (Wildman–Crippen LogP) is 1.33. The van der Waals surface area contributed by atoms with Gasteiger partial charge in [-0.2, -0.15) is 0 Å². The third-order valence-electron chi connectivity index (χ3n) is 4.79. The zero-order valence-electron chi connectivity index (χ0n) is 9.24. The molecule has 0 amide bonds. The maximum Gasteiger partial charge on any atom is 0.0852 e. The Balaban J connectivity index is 1.85. The molecule has 0 spiro atoms. The van der Waals surface area contributed by atoms with Gasteiger partial charge in [0.25, 0.3) is 0 Å². The molecule has 2 saturated heterocycles. The second-order valence-electron chi connectivity index (χ2n) is 5.66. The smallest absolute Gasteiger partial charge is 0.0852 e. The summed E-state index contributed by atoms with van der Waals surface area (Å²) in [5.74, 6) is 0. The maximum absolute atomic E-state index is 10.7. The summed E-state index contributed by atoms with van der Waals surface area (Å²) >= 11 is 0. The first-order valence-electron chi connectivity index (χ1n) is 6.31. The van der Waals surface area contributed by atoms with Crippen molar-refractivity contribution in [2.45, 2.75) is 74.7 Å². The lowest BCUT2D eigenvalue weighted by atomic mass is 9.65. The van der Waals surface area contributed by atoms with Crippen molar-refractivity contribution in [3.63, 3.8) is 0 Å². The maximum atomic E-state index is 10.7. The fraction of sp³-hybridized carbons (Fsp3) is 1.00. The van der Waals surface area contributed by atoms with Gasteiger partial charge in [0.1, 0.15) is 0 Å². The molecule has 3 fully saturated rings. The zero-order valence-corrected chi connectivity index (χ0v) is 9.24. The van der Waals surface area contributed by atoms with Gasteiger partial charge in [-0.25, -0.2) is 0 Å². The van der Waals surface area contributed by atoms with Crippen molar-refractivity contribution in [3.8, 4) is 0 Å². The number of hydrogen-bond acceptors (Lipinski definition) is 3.